The van der Waals surface area contributed by atoms with E-state index in [2.05, 4.69) is 15.2 Å². The predicted octanol–water partition coefficient (Wildman–Crippen LogP) is 1.11. The summed E-state index contributed by atoms with van der Waals surface area (Å²) in [5.74, 6) is -0.648. The van der Waals surface area contributed by atoms with Crippen LogP contribution in [0.5, 0.6) is 0 Å². The van der Waals surface area contributed by atoms with E-state index in [0.717, 1.165) is 5.56 Å². The molecule has 24 heavy (non-hydrogen) atoms. The van der Waals surface area contributed by atoms with Gasteiger partial charge in [-0.3, -0.25) is 9.59 Å². The molecule has 0 radical (unpaired) electrons. The maximum atomic E-state index is 13.1. The standard InChI is InChI=1S/C15H15ClFN5O2/c1-9-10(2-3-12(17)19-9)7-22-5-4-21(8-13(22)23)11-6-18-20-15(24)14(11)16/h2-3,6H,4-5,7-8H2,1H3,(H,20,24). The Labute approximate surface area is 142 Å². The molecule has 7 nitrogen and oxygen atoms in total. The summed E-state index contributed by atoms with van der Waals surface area (Å²) in [6, 6.07) is 2.92. The number of hydrogen-bond donors (Lipinski definition) is 1. The Bertz CT molecular complexity index is 841. The number of hydrogen-bond acceptors (Lipinski definition) is 5. The van der Waals surface area contributed by atoms with Gasteiger partial charge in [0.2, 0.25) is 11.9 Å². The first-order chi connectivity index (χ1) is 11.5. The van der Waals surface area contributed by atoms with E-state index < -0.39 is 11.5 Å². The highest BCUT2D eigenvalue weighted by Gasteiger charge is 2.26. The molecule has 0 bridgehead atoms. The number of halogens is 2. The molecule has 0 saturated carbocycles. The van der Waals surface area contributed by atoms with E-state index in [4.69, 9.17) is 11.6 Å². The van der Waals surface area contributed by atoms with Crippen molar-refractivity contribution in [2.75, 3.05) is 24.5 Å². The lowest BCUT2D eigenvalue weighted by molar-refractivity contribution is -0.131. The molecule has 1 amide bonds. The zero-order valence-corrected chi connectivity index (χ0v) is 13.7. The number of amides is 1. The molecule has 1 aliphatic rings. The van der Waals surface area contributed by atoms with Crippen molar-refractivity contribution in [2.45, 2.75) is 13.5 Å². The van der Waals surface area contributed by atoms with E-state index in [-0.39, 0.29) is 17.5 Å². The van der Waals surface area contributed by atoms with Gasteiger partial charge in [0.05, 0.1) is 18.4 Å². The van der Waals surface area contributed by atoms with E-state index in [1.165, 1.54) is 12.3 Å². The third kappa shape index (κ3) is 3.23. The lowest BCUT2D eigenvalue weighted by Gasteiger charge is -2.35. The highest BCUT2D eigenvalue weighted by molar-refractivity contribution is 6.33. The third-order valence-corrected chi connectivity index (χ3v) is 4.32. The van der Waals surface area contributed by atoms with Gasteiger partial charge in [-0.25, -0.2) is 10.1 Å². The summed E-state index contributed by atoms with van der Waals surface area (Å²) in [4.78, 5) is 31.1. The molecule has 2 aromatic rings. The van der Waals surface area contributed by atoms with E-state index in [1.807, 2.05) is 0 Å². The lowest BCUT2D eigenvalue weighted by atomic mass is 10.1. The number of aryl methyl sites for hydroxylation is 1. The second-order valence-electron chi connectivity index (χ2n) is 5.51. The molecule has 1 saturated heterocycles. The summed E-state index contributed by atoms with van der Waals surface area (Å²) in [5.41, 5.74) is 1.31. The summed E-state index contributed by atoms with van der Waals surface area (Å²) in [7, 11) is 0. The molecular formula is C15H15ClFN5O2. The number of aromatic nitrogens is 3. The van der Waals surface area contributed by atoms with Crippen LogP contribution in [0.3, 0.4) is 0 Å². The monoisotopic (exact) mass is 351 g/mol. The molecule has 0 unspecified atom stereocenters. The van der Waals surface area contributed by atoms with E-state index in [1.54, 1.807) is 22.8 Å². The summed E-state index contributed by atoms with van der Waals surface area (Å²) < 4.78 is 13.1. The quantitative estimate of drug-likeness (QED) is 0.838. The topological polar surface area (TPSA) is 82.2 Å². The fourth-order valence-corrected chi connectivity index (χ4v) is 2.82. The van der Waals surface area contributed by atoms with E-state index >= 15 is 0 Å². The van der Waals surface area contributed by atoms with Crippen LogP contribution >= 0.6 is 11.6 Å². The number of anilines is 1. The number of H-pyrrole nitrogens is 1. The van der Waals surface area contributed by atoms with Crippen LogP contribution < -0.4 is 10.5 Å². The van der Waals surface area contributed by atoms with Crippen molar-refractivity contribution >= 4 is 23.2 Å². The van der Waals surface area contributed by atoms with Crippen molar-refractivity contribution < 1.29 is 9.18 Å². The third-order valence-electron chi connectivity index (χ3n) is 3.96. The predicted molar refractivity (Wildman–Crippen MR) is 86.4 cm³/mol. The van der Waals surface area contributed by atoms with Crippen molar-refractivity contribution in [1.29, 1.82) is 0 Å². The Morgan fingerprint density at radius 1 is 1.33 bits per heavy atom. The molecule has 9 heteroatoms. The second kappa shape index (κ2) is 6.56. The van der Waals surface area contributed by atoms with Gasteiger partial charge in [-0.1, -0.05) is 17.7 Å². The van der Waals surface area contributed by atoms with Crippen LogP contribution in [0.2, 0.25) is 5.02 Å². The second-order valence-corrected chi connectivity index (χ2v) is 5.89. The number of piperazine rings is 1. The van der Waals surface area contributed by atoms with Gasteiger partial charge in [0.15, 0.2) is 0 Å². The first-order valence-electron chi connectivity index (χ1n) is 7.33. The molecule has 126 valence electrons. The average Bonchev–Trinajstić information content (AvgIpc) is 2.54. The maximum absolute atomic E-state index is 13.1. The average molecular weight is 352 g/mol. The summed E-state index contributed by atoms with van der Waals surface area (Å²) in [6.07, 6.45) is 1.43. The van der Waals surface area contributed by atoms with Crippen molar-refractivity contribution in [3.05, 3.63) is 50.9 Å². The van der Waals surface area contributed by atoms with Gasteiger partial charge in [0.25, 0.3) is 5.56 Å². The summed E-state index contributed by atoms with van der Waals surface area (Å²) in [5, 5.41) is 5.98. The van der Waals surface area contributed by atoms with Crippen molar-refractivity contribution in [2.24, 2.45) is 0 Å². The van der Waals surface area contributed by atoms with Gasteiger partial charge in [0.1, 0.15) is 5.02 Å². The minimum Gasteiger partial charge on any atom is -0.358 e. The highest BCUT2D eigenvalue weighted by Crippen LogP contribution is 2.22. The zero-order valence-electron chi connectivity index (χ0n) is 12.9. The Kier molecular flexibility index (Phi) is 4.48. The fourth-order valence-electron chi connectivity index (χ4n) is 2.61. The minimum atomic E-state index is -0.538. The number of nitrogens with zero attached hydrogens (tertiary/aromatic N) is 4. The molecule has 3 rings (SSSR count). The molecule has 1 N–H and O–H groups in total. The van der Waals surface area contributed by atoms with Crippen LogP contribution in [0.15, 0.2) is 23.1 Å². The van der Waals surface area contributed by atoms with Gasteiger partial charge >= 0.3 is 0 Å². The Morgan fingerprint density at radius 3 is 2.83 bits per heavy atom. The molecule has 2 aromatic heterocycles. The number of aromatic amines is 1. The number of nitrogens with one attached hydrogen (secondary N) is 1. The molecule has 3 heterocycles. The van der Waals surface area contributed by atoms with Crippen LogP contribution in [0.25, 0.3) is 0 Å². The number of carbonyl (C=O) groups excluding carboxylic acids is 1. The molecule has 0 aliphatic carbocycles. The Hall–Kier alpha value is -2.48. The van der Waals surface area contributed by atoms with Gasteiger partial charge in [-0.15, -0.1) is 0 Å². The number of carbonyl (C=O) groups is 1. The largest absolute Gasteiger partial charge is 0.358 e. The summed E-state index contributed by atoms with van der Waals surface area (Å²) >= 11 is 5.98. The molecular weight excluding hydrogens is 337 g/mol. The van der Waals surface area contributed by atoms with Crippen LogP contribution in [-0.4, -0.2) is 45.6 Å². The van der Waals surface area contributed by atoms with Crippen LogP contribution in [0.4, 0.5) is 10.1 Å². The van der Waals surface area contributed by atoms with Crippen LogP contribution in [-0.2, 0) is 11.3 Å². The number of rotatable bonds is 3. The van der Waals surface area contributed by atoms with Gasteiger partial charge in [0, 0.05) is 25.3 Å². The molecule has 0 atom stereocenters. The van der Waals surface area contributed by atoms with E-state index in [0.29, 0.717) is 31.0 Å². The first-order valence-corrected chi connectivity index (χ1v) is 7.71. The van der Waals surface area contributed by atoms with Gasteiger partial charge in [-0.2, -0.15) is 9.49 Å². The van der Waals surface area contributed by atoms with E-state index in [9.17, 15) is 14.0 Å². The normalized spacial score (nSPS) is 15.0. The van der Waals surface area contributed by atoms with Gasteiger partial charge in [-0.05, 0) is 18.6 Å². The highest BCUT2D eigenvalue weighted by atomic mass is 35.5. The Morgan fingerprint density at radius 2 is 2.12 bits per heavy atom. The Balaban J connectivity index is 1.72. The van der Waals surface area contributed by atoms with Crippen LogP contribution in [0, 0.1) is 12.9 Å². The summed E-state index contributed by atoms with van der Waals surface area (Å²) in [6.45, 7) is 3.15. The SMILES string of the molecule is Cc1nc(F)ccc1CN1CCN(c2cn[nH]c(=O)c2Cl)CC1=O. The van der Waals surface area contributed by atoms with Crippen molar-refractivity contribution in [3.8, 4) is 0 Å². The molecule has 1 fully saturated rings. The fraction of sp³-hybridized carbons (Fsp3) is 0.333. The number of pyridine rings is 1. The first kappa shape index (κ1) is 16.4. The maximum Gasteiger partial charge on any atom is 0.285 e. The lowest BCUT2D eigenvalue weighted by Crippen LogP contribution is -2.50. The van der Waals surface area contributed by atoms with Crippen molar-refractivity contribution in [3.63, 3.8) is 0 Å². The van der Waals surface area contributed by atoms with Gasteiger partial charge < -0.3 is 9.80 Å². The smallest absolute Gasteiger partial charge is 0.285 e. The molecule has 0 spiro atoms. The molecule has 1 aliphatic heterocycles. The molecule has 0 aromatic carbocycles. The minimum absolute atomic E-state index is 0.0184. The zero-order chi connectivity index (χ0) is 17.3. The van der Waals surface area contributed by atoms with Crippen LogP contribution in [0.1, 0.15) is 11.3 Å². The van der Waals surface area contributed by atoms with Crippen molar-refractivity contribution in [1.82, 2.24) is 20.1 Å².